The van der Waals surface area contributed by atoms with Crippen molar-refractivity contribution in [1.82, 2.24) is 4.72 Å². The molecule has 0 aliphatic carbocycles. The van der Waals surface area contributed by atoms with Gasteiger partial charge in [-0.3, -0.25) is 4.79 Å². The molecule has 0 bridgehead atoms. The van der Waals surface area contributed by atoms with E-state index in [0.29, 0.717) is 5.56 Å². The highest BCUT2D eigenvalue weighted by Gasteiger charge is 2.21. The number of rotatable bonds is 8. The largest absolute Gasteiger partial charge is 0.507 e. The molecular formula is C22H19NO6S. The number of benzene rings is 3. The van der Waals surface area contributed by atoms with Crippen LogP contribution in [0.3, 0.4) is 0 Å². The van der Waals surface area contributed by atoms with Crippen LogP contribution in [-0.4, -0.2) is 31.9 Å². The maximum Gasteiger partial charge on any atom is 0.342 e. The predicted octanol–water partition coefficient (Wildman–Crippen LogP) is 2.91. The van der Waals surface area contributed by atoms with Crippen molar-refractivity contribution < 1.29 is 27.9 Å². The maximum atomic E-state index is 12.5. The summed E-state index contributed by atoms with van der Waals surface area (Å²) in [5, 5.41) is 9.96. The SMILES string of the molecule is O=C(COC(=O)c1cc(S(=O)(=O)NCc2ccccc2)ccc1O)c1ccccc1. The standard InChI is InChI=1S/C22H19NO6S/c24-20-12-11-18(30(27,28)23-14-16-7-3-1-4-8-16)13-19(20)22(26)29-15-21(25)17-9-5-2-6-10-17/h1-13,23-24H,14-15H2. The van der Waals surface area contributed by atoms with Gasteiger partial charge in [0.05, 0.1) is 4.90 Å². The third kappa shape index (κ3) is 5.31. The van der Waals surface area contributed by atoms with Gasteiger partial charge in [0.1, 0.15) is 11.3 Å². The lowest BCUT2D eigenvalue weighted by molar-refractivity contribution is 0.0471. The first kappa shape index (κ1) is 21.2. The van der Waals surface area contributed by atoms with Crippen molar-refractivity contribution in [2.75, 3.05) is 6.61 Å². The number of Topliss-reactive ketones (excluding diaryl/α,β-unsaturated/α-hetero) is 1. The van der Waals surface area contributed by atoms with E-state index in [9.17, 15) is 23.1 Å². The Hall–Kier alpha value is -3.49. The van der Waals surface area contributed by atoms with E-state index < -0.39 is 34.1 Å². The number of aromatic hydroxyl groups is 1. The molecule has 0 amide bonds. The van der Waals surface area contributed by atoms with E-state index >= 15 is 0 Å². The Bertz CT molecular complexity index is 1140. The number of esters is 1. The van der Waals surface area contributed by atoms with Gasteiger partial charge in [0.2, 0.25) is 10.0 Å². The molecule has 30 heavy (non-hydrogen) atoms. The van der Waals surface area contributed by atoms with Gasteiger partial charge in [-0.15, -0.1) is 0 Å². The summed E-state index contributed by atoms with van der Waals surface area (Å²) in [7, 11) is -3.94. The summed E-state index contributed by atoms with van der Waals surface area (Å²) < 4.78 is 32.5. The van der Waals surface area contributed by atoms with Crippen LogP contribution in [0.25, 0.3) is 0 Å². The number of ketones is 1. The summed E-state index contributed by atoms with van der Waals surface area (Å²) in [6, 6.07) is 20.5. The number of phenolic OH excluding ortho intramolecular Hbond substituents is 1. The molecule has 3 rings (SSSR count). The van der Waals surface area contributed by atoms with Crippen molar-refractivity contribution in [2.24, 2.45) is 0 Å². The van der Waals surface area contributed by atoms with Crippen LogP contribution in [-0.2, 0) is 21.3 Å². The van der Waals surface area contributed by atoms with Gasteiger partial charge >= 0.3 is 5.97 Å². The molecule has 0 heterocycles. The minimum atomic E-state index is -3.94. The molecule has 0 saturated carbocycles. The highest BCUT2D eigenvalue weighted by atomic mass is 32.2. The van der Waals surface area contributed by atoms with Gasteiger partial charge in [0.25, 0.3) is 0 Å². The van der Waals surface area contributed by atoms with Crippen LogP contribution in [0.5, 0.6) is 5.75 Å². The molecule has 0 aromatic heterocycles. The summed E-state index contributed by atoms with van der Waals surface area (Å²) in [5.74, 6) is -1.87. The van der Waals surface area contributed by atoms with Gasteiger partial charge in [0, 0.05) is 12.1 Å². The zero-order valence-corrected chi connectivity index (χ0v) is 16.6. The Morgan fingerprint density at radius 1 is 0.900 bits per heavy atom. The Labute approximate surface area is 174 Å². The number of hydrogen-bond donors (Lipinski definition) is 2. The van der Waals surface area contributed by atoms with Crippen LogP contribution < -0.4 is 4.72 Å². The second-order valence-corrected chi connectivity index (χ2v) is 8.12. The highest BCUT2D eigenvalue weighted by Crippen LogP contribution is 2.22. The minimum Gasteiger partial charge on any atom is -0.507 e. The van der Waals surface area contributed by atoms with Crippen LogP contribution in [0.2, 0.25) is 0 Å². The Morgan fingerprint density at radius 3 is 2.20 bits per heavy atom. The third-order valence-corrected chi connectivity index (χ3v) is 5.64. The fraction of sp³-hybridized carbons (Fsp3) is 0.0909. The van der Waals surface area contributed by atoms with E-state index in [2.05, 4.69) is 4.72 Å². The molecule has 0 unspecified atom stereocenters. The average Bonchev–Trinajstić information content (AvgIpc) is 2.77. The molecule has 0 spiro atoms. The maximum absolute atomic E-state index is 12.5. The van der Waals surface area contributed by atoms with E-state index in [1.807, 2.05) is 6.07 Å². The van der Waals surface area contributed by atoms with Crippen molar-refractivity contribution in [3.05, 3.63) is 95.6 Å². The lowest BCUT2D eigenvalue weighted by Gasteiger charge is -2.10. The van der Waals surface area contributed by atoms with Crippen LogP contribution in [0.1, 0.15) is 26.3 Å². The summed E-state index contributed by atoms with van der Waals surface area (Å²) in [6.45, 7) is -0.471. The quantitative estimate of drug-likeness (QED) is 0.424. The molecule has 3 aromatic rings. The summed E-state index contributed by atoms with van der Waals surface area (Å²) >= 11 is 0. The Kier molecular flexibility index (Phi) is 6.61. The second-order valence-electron chi connectivity index (χ2n) is 6.35. The van der Waals surface area contributed by atoms with E-state index in [1.165, 1.54) is 6.07 Å². The van der Waals surface area contributed by atoms with E-state index in [0.717, 1.165) is 17.7 Å². The molecule has 3 aromatic carbocycles. The van der Waals surface area contributed by atoms with Gasteiger partial charge in [-0.2, -0.15) is 0 Å². The molecule has 2 N–H and O–H groups in total. The Morgan fingerprint density at radius 2 is 1.53 bits per heavy atom. The predicted molar refractivity (Wildman–Crippen MR) is 110 cm³/mol. The molecule has 0 radical (unpaired) electrons. The lowest BCUT2D eigenvalue weighted by atomic mass is 10.1. The number of sulfonamides is 1. The van der Waals surface area contributed by atoms with Gasteiger partial charge in [-0.1, -0.05) is 60.7 Å². The van der Waals surface area contributed by atoms with Crippen molar-refractivity contribution in [3.63, 3.8) is 0 Å². The normalized spacial score (nSPS) is 11.1. The summed E-state index contributed by atoms with van der Waals surface area (Å²) in [6.07, 6.45) is 0. The van der Waals surface area contributed by atoms with Crippen molar-refractivity contribution >= 4 is 21.8 Å². The van der Waals surface area contributed by atoms with Gasteiger partial charge in [-0.05, 0) is 23.8 Å². The van der Waals surface area contributed by atoms with E-state index in [4.69, 9.17) is 4.74 Å². The first-order chi connectivity index (χ1) is 14.4. The zero-order chi connectivity index (χ0) is 21.6. The number of nitrogens with one attached hydrogen (secondary N) is 1. The van der Waals surface area contributed by atoms with Gasteiger partial charge in [0.15, 0.2) is 12.4 Å². The number of carbonyl (C=O) groups is 2. The molecule has 0 aliphatic heterocycles. The number of ether oxygens (including phenoxy) is 1. The lowest BCUT2D eigenvalue weighted by Crippen LogP contribution is -2.23. The van der Waals surface area contributed by atoms with E-state index in [-0.39, 0.29) is 17.0 Å². The Balaban J connectivity index is 1.70. The molecule has 154 valence electrons. The highest BCUT2D eigenvalue weighted by molar-refractivity contribution is 7.89. The van der Waals surface area contributed by atoms with Crippen molar-refractivity contribution in [2.45, 2.75) is 11.4 Å². The van der Waals surface area contributed by atoms with Crippen molar-refractivity contribution in [1.29, 1.82) is 0 Å². The minimum absolute atomic E-state index is 0.0649. The zero-order valence-electron chi connectivity index (χ0n) is 15.8. The number of hydrogen-bond acceptors (Lipinski definition) is 6. The summed E-state index contributed by atoms with van der Waals surface area (Å²) in [4.78, 5) is 24.2. The monoisotopic (exact) mass is 425 g/mol. The molecular weight excluding hydrogens is 406 g/mol. The summed E-state index contributed by atoms with van der Waals surface area (Å²) in [5.41, 5.74) is 0.785. The second kappa shape index (κ2) is 9.34. The molecule has 7 nitrogen and oxygen atoms in total. The first-order valence-electron chi connectivity index (χ1n) is 8.99. The number of carbonyl (C=O) groups excluding carboxylic acids is 2. The van der Waals surface area contributed by atoms with Crippen molar-refractivity contribution in [3.8, 4) is 5.75 Å². The van der Waals surface area contributed by atoms with Gasteiger partial charge < -0.3 is 9.84 Å². The molecule has 8 heteroatoms. The first-order valence-corrected chi connectivity index (χ1v) is 10.5. The van der Waals surface area contributed by atoms with Crippen LogP contribution in [0, 0.1) is 0 Å². The smallest absolute Gasteiger partial charge is 0.342 e. The molecule has 0 atom stereocenters. The van der Waals surface area contributed by atoms with Gasteiger partial charge in [-0.25, -0.2) is 17.9 Å². The van der Waals surface area contributed by atoms with E-state index in [1.54, 1.807) is 54.6 Å². The van der Waals surface area contributed by atoms with Crippen LogP contribution in [0.4, 0.5) is 0 Å². The fourth-order valence-electron chi connectivity index (χ4n) is 2.62. The fourth-order valence-corrected chi connectivity index (χ4v) is 3.66. The third-order valence-electron chi connectivity index (χ3n) is 4.24. The number of phenols is 1. The topological polar surface area (TPSA) is 110 Å². The van der Waals surface area contributed by atoms with Crippen LogP contribution >= 0.6 is 0 Å². The van der Waals surface area contributed by atoms with Crippen LogP contribution in [0.15, 0.2) is 83.8 Å². The molecule has 0 saturated heterocycles. The molecule has 0 fully saturated rings. The average molecular weight is 425 g/mol. The molecule has 0 aliphatic rings.